The van der Waals surface area contributed by atoms with Gasteiger partial charge in [0.25, 0.3) is 0 Å². The van der Waals surface area contributed by atoms with Gasteiger partial charge in [0, 0.05) is 40.3 Å². The van der Waals surface area contributed by atoms with Crippen LogP contribution in [-0.4, -0.2) is 69.6 Å². The van der Waals surface area contributed by atoms with Gasteiger partial charge in [-0.2, -0.15) is 0 Å². The van der Waals surface area contributed by atoms with Crippen molar-refractivity contribution >= 4 is 11.8 Å². The fourth-order valence-electron chi connectivity index (χ4n) is 0.743. The maximum absolute atomic E-state index is 9.96. The number of ketones is 1. The van der Waals surface area contributed by atoms with Gasteiger partial charge >= 0.3 is 5.97 Å². The molecule has 1 aromatic heterocycles. The van der Waals surface area contributed by atoms with E-state index in [0.717, 1.165) is 32.3 Å². The Labute approximate surface area is 210 Å². The van der Waals surface area contributed by atoms with E-state index < -0.39 is 0 Å². The minimum Gasteiger partial charge on any atom is -0.469 e. The highest BCUT2D eigenvalue weighted by Gasteiger charge is 2.12. The Kier molecular flexibility index (Phi) is 60.1. The minimum absolute atomic E-state index is 0. The molecule has 0 aliphatic heterocycles. The molecule has 1 heterocycles. The van der Waals surface area contributed by atoms with Crippen LogP contribution in [0.4, 0.5) is 0 Å². The Hall–Kier alpha value is -1.84. The predicted molar refractivity (Wildman–Crippen MR) is 142 cm³/mol. The normalized spacial score (nSPS) is 9.76. The second-order valence-corrected chi connectivity index (χ2v) is 6.54. The van der Waals surface area contributed by atoms with E-state index in [1.807, 2.05) is 27.8 Å². The van der Waals surface area contributed by atoms with E-state index in [0.29, 0.717) is 12.3 Å². The Bertz CT molecular complexity index is 434. The predicted octanol–water partition coefficient (Wildman–Crippen LogP) is 5.52. The number of aryl methyl sites for hydroxylation is 1. The number of nitrogens with zero attached hydrogens (tertiary/aromatic N) is 2. The molecule has 1 aromatic rings. The SMILES string of the molecule is C.CC(C)=O.CC1CC1.CCC(=O)OC.CCNC.CCOC.CCOCC.Cc1nnco1. The maximum atomic E-state index is 9.96. The Morgan fingerprint density at radius 2 is 1.44 bits per heavy atom. The van der Waals surface area contributed by atoms with Crippen molar-refractivity contribution < 1.29 is 28.2 Å². The number of methoxy groups -OCH3 is 2. The van der Waals surface area contributed by atoms with Crippen LogP contribution in [0.2, 0.25) is 0 Å². The van der Waals surface area contributed by atoms with Crippen molar-refractivity contribution in [2.75, 3.05) is 47.6 Å². The van der Waals surface area contributed by atoms with Gasteiger partial charge in [-0.3, -0.25) is 4.79 Å². The summed E-state index contributed by atoms with van der Waals surface area (Å²) in [7, 11) is 4.99. The molecule has 0 atom stereocenters. The third-order valence-corrected chi connectivity index (χ3v) is 2.90. The van der Waals surface area contributed by atoms with Crippen LogP contribution in [0.15, 0.2) is 10.8 Å². The van der Waals surface area contributed by atoms with E-state index in [4.69, 9.17) is 4.74 Å². The van der Waals surface area contributed by atoms with Crippen LogP contribution in [0, 0.1) is 12.8 Å². The molecule has 34 heavy (non-hydrogen) atoms. The molecule has 1 N–H and O–H groups in total. The Balaban J connectivity index is -0.0000000675. The Morgan fingerprint density at radius 1 is 1.06 bits per heavy atom. The van der Waals surface area contributed by atoms with Crippen molar-refractivity contribution in [1.82, 2.24) is 15.5 Å². The third kappa shape index (κ3) is 98.2. The first-order chi connectivity index (χ1) is 15.6. The van der Waals surface area contributed by atoms with E-state index in [1.165, 1.54) is 40.2 Å². The maximum Gasteiger partial charge on any atom is 0.305 e. The Morgan fingerprint density at radius 3 is 1.47 bits per heavy atom. The van der Waals surface area contributed by atoms with Gasteiger partial charge in [-0.05, 0) is 54.1 Å². The molecule has 9 heteroatoms. The molecule has 1 saturated carbocycles. The van der Waals surface area contributed by atoms with Gasteiger partial charge in [0.15, 0.2) is 0 Å². The number of esters is 1. The lowest BCUT2D eigenvalue weighted by Gasteiger charge is -1.87. The summed E-state index contributed by atoms with van der Waals surface area (Å²) < 4.78 is 18.2. The molecule has 208 valence electrons. The summed E-state index contributed by atoms with van der Waals surface area (Å²) in [6.07, 6.45) is 4.74. The lowest BCUT2D eigenvalue weighted by Crippen LogP contribution is -2.01. The molecule has 0 saturated heterocycles. The monoisotopic (exact) mass is 495 g/mol. The molecule has 1 fully saturated rings. The number of aromatic nitrogens is 2. The van der Waals surface area contributed by atoms with Crippen molar-refractivity contribution in [3.63, 3.8) is 0 Å². The fourth-order valence-corrected chi connectivity index (χ4v) is 0.743. The summed E-state index contributed by atoms with van der Waals surface area (Å²) in [5, 5.41) is 9.84. The van der Waals surface area contributed by atoms with Crippen molar-refractivity contribution in [3.8, 4) is 0 Å². The second-order valence-electron chi connectivity index (χ2n) is 6.54. The smallest absolute Gasteiger partial charge is 0.305 e. The molecule has 0 bridgehead atoms. The average Bonchev–Trinajstić information content (AvgIpc) is 3.44. The lowest BCUT2D eigenvalue weighted by molar-refractivity contribution is -0.140. The summed E-state index contributed by atoms with van der Waals surface area (Å²) in [6.45, 7) is 20.4. The number of rotatable bonds is 5. The van der Waals surface area contributed by atoms with Gasteiger partial charge in [-0.15, -0.1) is 10.2 Å². The van der Waals surface area contributed by atoms with Crippen LogP contribution < -0.4 is 5.32 Å². The van der Waals surface area contributed by atoms with E-state index in [-0.39, 0.29) is 19.2 Å². The molecule has 0 amide bonds. The van der Waals surface area contributed by atoms with Crippen LogP contribution in [0.3, 0.4) is 0 Å². The van der Waals surface area contributed by atoms with Gasteiger partial charge in [-0.25, -0.2) is 0 Å². The average molecular weight is 496 g/mol. The molecule has 0 aromatic carbocycles. The van der Waals surface area contributed by atoms with Crippen LogP contribution >= 0.6 is 0 Å². The van der Waals surface area contributed by atoms with Crippen molar-refractivity contribution in [2.45, 2.75) is 89.0 Å². The van der Waals surface area contributed by atoms with Gasteiger partial charge < -0.3 is 28.7 Å². The van der Waals surface area contributed by atoms with Gasteiger partial charge in [0.05, 0.1) is 7.11 Å². The summed E-state index contributed by atoms with van der Waals surface area (Å²) in [5.74, 6) is 1.70. The van der Waals surface area contributed by atoms with Crippen molar-refractivity contribution in [2.24, 2.45) is 5.92 Å². The van der Waals surface area contributed by atoms with Crippen LogP contribution in [-0.2, 0) is 23.8 Å². The quantitative estimate of drug-likeness (QED) is 0.528. The molecule has 1 aliphatic carbocycles. The largest absolute Gasteiger partial charge is 0.469 e. The first-order valence-electron chi connectivity index (χ1n) is 11.6. The lowest BCUT2D eigenvalue weighted by atomic mass is 10.5. The highest BCUT2D eigenvalue weighted by atomic mass is 16.5. The zero-order chi connectivity index (χ0) is 26.9. The number of hydrogen-bond donors (Lipinski definition) is 1. The zero-order valence-electron chi connectivity index (χ0n) is 23.4. The molecular formula is C25H57N3O6. The number of ether oxygens (including phenoxy) is 3. The number of carbonyl (C=O) groups is 2. The summed E-state index contributed by atoms with van der Waals surface area (Å²) in [5.41, 5.74) is 0. The van der Waals surface area contributed by atoms with Crippen LogP contribution in [0.5, 0.6) is 0 Å². The molecule has 2 rings (SSSR count). The number of nitrogens with one attached hydrogen (secondary N) is 1. The topological polar surface area (TPSA) is 113 Å². The third-order valence-electron chi connectivity index (χ3n) is 2.90. The van der Waals surface area contributed by atoms with Gasteiger partial charge in [-0.1, -0.05) is 41.0 Å². The summed E-state index contributed by atoms with van der Waals surface area (Å²) >= 11 is 0. The standard InChI is InChI=1S/C4H8O2.C4H10O.C4H8.C3H4N2O.C3H9N.C3H8O.C3H6O.CH4/c1-3-4(5)6-2;1-3-5-4-2;1-4-2-3-4;1-3-5-4-2-6-3;2*1-3-4-2;1-3(2)4;/h3H2,1-2H3;3-4H2,1-2H3;4H,2-3H2,1H3;2H,1H3;4H,3H2,1-2H3;3H2,1-2H3;1-2H3;1H4. The van der Waals surface area contributed by atoms with Crippen molar-refractivity contribution in [3.05, 3.63) is 12.3 Å². The van der Waals surface area contributed by atoms with Gasteiger partial charge in [0.2, 0.25) is 12.3 Å². The molecule has 0 radical (unpaired) electrons. The van der Waals surface area contributed by atoms with Gasteiger partial charge in [0.1, 0.15) is 5.78 Å². The minimum atomic E-state index is -0.157. The summed E-state index contributed by atoms with van der Waals surface area (Å²) in [6, 6.07) is 0. The van der Waals surface area contributed by atoms with E-state index in [1.54, 1.807) is 21.0 Å². The first-order valence-corrected chi connectivity index (χ1v) is 11.6. The van der Waals surface area contributed by atoms with Crippen LogP contribution in [0.1, 0.15) is 88.0 Å². The number of carbonyl (C=O) groups excluding carboxylic acids is 2. The second kappa shape index (κ2) is 44.8. The molecule has 0 spiro atoms. The van der Waals surface area contributed by atoms with E-state index in [2.05, 4.69) is 43.3 Å². The highest BCUT2D eigenvalue weighted by molar-refractivity contribution is 5.72. The molecule has 9 nitrogen and oxygen atoms in total. The first kappa shape index (κ1) is 45.6. The van der Waals surface area contributed by atoms with Crippen molar-refractivity contribution in [1.29, 1.82) is 0 Å². The number of hydrogen-bond acceptors (Lipinski definition) is 9. The molecular weight excluding hydrogens is 438 g/mol. The fraction of sp³-hybridized carbons (Fsp3) is 0.840. The molecule has 1 aliphatic rings. The van der Waals surface area contributed by atoms with E-state index in [9.17, 15) is 9.59 Å². The summed E-state index contributed by atoms with van der Waals surface area (Å²) in [4.78, 5) is 19.4. The van der Waals surface area contributed by atoms with E-state index >= 15 is 0 Å². The number of Topliss-reactive ketones (excluding diaryl/α,β-unsaturated/α-hetero) is 1. The van der Waals surface area contributed by atoms with Crippen LogP contribution in [0.25, 0.3) is 0 Å². The molecule has 0 unspecified atom stereocenters. The zero-order valence-corrected chi connectivity index (χ0v) is 23.4. The highest BCUT2D eigenvalue weighted by Crippen LogP contribution is 2.26.